The summed E-state index contributed by atoms with van der Waals surface area (Å²) in [6.07, 6.45) is 2.38. The first-order valence-electron chi connectivity index (χ1n) is 9.60. The number of thiazole rings is 1. The number of aliphatic hydroxyl groups is 1. The number of rotatable bonds is 3. The van der Waals surface area contributed by atoms with Gasteiger partial charge in [0.25, 0.3) is 5.78 Å². The van der Waals surface area contributed by atoms with E-state index in [0.717, 1.165) is 23.3 Å². The van der Waals surface area contributed by atoms with Gasteiger partial charge in [0, 0.05) is 23.6 Å². The van der Waals surface area contributed by atoms with Gasteiger partial charge in [-0.2, -0.15) is 0 Å². The van der Waals surface area contributed by atoms with Gasteiger partial charge in [-0.05, 0) is 36.2 Å². The highest BCUT2D eigenvalue weighted by atomic mass is 32.1. The summed E-state index contributed by atoms with van der Waals surface area (Å²) in [5, 5.41) is 13.3. The molecule has 0 spiro atoms. The van der Waals surface area contributed by atoms with E-state index in [9.17, 15) is 14.7 Å². The first-order valence-corrected chi connectivity index (χ1v) is 10.5. The summed E-state index contributed by atoms with van der Waals surface area (Å²) in [4.78, 5) is 31.6. The SMILES string of the molecule is C[C@@H]1Cc2cc(C(O)=C3C(=O)C(=O)N(c4nccs4)[C@@H]3c3ccccc3)ccc2O1. The first-order chi connectivity index (χ1) is 14.5. The Morgan fingerprint density at radius 1 is 1.20 bits per heavy atom. The lowest BCUT2D eigenvalue weighted by molar-refractivity contribution is -0.132. The van der Waals surface area contributed by atoms with E-state index < -0.39 is 17.7 Å². The fourth-order valence-corrected chi connectivity index (χ4v) is 4.71. The van der Waals surface area contributed by atoms with Crippen LogP contribution in [-0.4, -0.2) is 27.9 Å². The smallest absolute Gasteiger partial charge is 0.301 e. The van der Waals surface area contributed by atoms with Crippen LogP contribution < -0.4 is 9.64 Å². The van der Waals surface area contributed by atoms with Crippen LogP contribution in [0, 0.1) is 0 Å². The molecule has 0 unspecified atom stereocenters. The number of amides is 1. The summed E-state index contributed by atoms with van der Waals surface area (Å²) in [6.45, 7) is 1.98. The Morgan fingerprint density at radius 3 is 2.73 bits per heavy atom. The molecule has 5 rings (SSSR count). The molecule has 3 heterocycles. The number of anilines is 1. The number of ether oxygens (including phenoxy) is 1. The Kier molecular flexibility index (Phi) is 4.40. The molecule has 150 valence electrons. The lowest BCUT2D eigenvalue weighted by atomic mass is 9.94. The Hall–Kier alpha value is -3.45. The molecule has 0 saturated carbocycles. The normalized spacial score (nSPS) is 22.2. The standard InChI is InChI=1S/C23H18N2O4S/c1-13-11-16-12-15(7-8-17(16)29-13)20(26)18-19(14-5-3-2-4-6-14)25(22(28)21(18)27)23-24-9-10-30-23/h2-10,12-13,19,26H,11H2,1H3/t13-,19-/m1/s1. The predicted octanol–water partition coefficient (Wildman–Crippen LogP) is 4.09. The molecule has 2 aromatic carbocycles. The van der Waals surface area contributed by atoms with Gasteiger partial charge in [0.15, 0.2) is 5.13 Å². The molecule has 1 amide bonds. The van der Waals surface area contributed by atoms with Crippen molar-refractivity contribution < 1.29 is 19.4 Å². The van der Waals surface area contributed by atoms with Gasteiger partial charge in [-0.25, -0.2) is 4.98 Å². The van der Waals surface area contributed by atoms with Crippen LogP contribution in [0.15, 0.2) is 65.7 Å². The van der Waals surface area contributed by atoms with E-state index in [-0.39, 0.29) is 17.4 Å². The summed E-state index contributed by atoms with van der Waals surface area (Å²) >= 11 is 1.27. The average molecular weight is 418 g/mol. The van der Waals surface area contributed by atoms with Gasteiger partial charge in [-0.3, -0.25) is 14.5 Å². The third-order valence-electron chi connectivity index (χ3n) is 5.35. The fourth-order valence-electron chi connectivity index (χ4n) is 4.04. The number of carbonyl (C=O) groups is 2. The predicted molar refractivity (Wildman–Crippen MR) is 114 cm³/mol. The van der Waals surface area contributed by atoms with Gasteiger partial charge in [0.05, 0.1) is 11.6 Å². The van der Waals surface area contributed by atoms with Gasteiger partial charge in [0.1, 0.15) is 17.6 Å². The van der Waals surface area contributed by atoms with Crippen molar-refractivity contribution in [3.05, 3.63) is 82.4 Å². The van der Waals surface area contributed by atoms with Crippen LogP contribution in [0.5, 0.6) is 5.75 Å². The van der Waals surface area contributed by atoms with Gasteiger partial charge >= 0.3 is 5.91 Å². The minimum absolute atomic E-state index is 0.0633. The zero-order valence-corrected chi connectivity index (χ0v) is 16.9. The van der Waals surface area contributed by atoms with Crippen LogP contribution in [0.2, 0.25) is 0 Å². The van der Waals surface area contributed by atoms with Crippen LogP contribution in [-0.2, 0) is 16.0 Å². The highest BCUT2D eigenvalue weighted by Crippen LogP contribution is 2.43. The summed E-state index contributed by atoms with van der Waals surface area (Å²) in [7, 11) is 0. The molecular formula is C23H18N2O4S. The summed E-state index contributed by atoms with van der Waals surface area (Å²) < 4.78 is 5.73. The second kappa shape index (κ2) is 7.11. The number of Topliss-reactive ketones (excluding diaryl/α,β-unsaturated/α-hetero) is 1. The van der Waals surface area contributed by atoms with Gasteiger partial charge in [0.2, 0.25) is 0 Å². The topological polar surface area (TPSA) is 79.7 Å². The maximum Gasteiger partial charge on any atom is 0.301 e. The van der Waals surface area contributed by atoms with Crippen LogP contribution in [0.25, 0.3) is 5.76 Å². The third-order valence-corrected chi connectivity index (χ3v) is 6.13. The van der Waals surface area contributed by atoms with E-state index >= 15 is 0 Å². The lowest BCUT2D eigenvalue weighted by Crippen LogP contribution is -2.29. The minimum atomic E-state index is -0.749. The number of nitrogens with zero attached hydrogens (tertiary/aromatic N) is 2. The molecule has 0 radical (unpaired) electrons. The van der Waals surface area contributed by atoms with Crippen molar-refractivity contribution in [2.24, 2.45) is 0 Å². The van der Waals surface area contributed by atoms with Crippen molar-refractivity contribution in [3.8, 4) is 5.75 Å². The number of aromatic nitrogens is 1. The number of ketones is 1. The molecule has 3 aromatic rings. The zero-order chi connectivity index (χ0) is 20.8. The van der Waals surface area contributed by atoms with E-state index in [4.69, 9.17) is 4.74 Å². The lowest BCUT2D eigenvalue weighted by Gasteiger charge is -2.22. The molecule has 1 fully saturated rings. The molecule has 2 aliphatic heterocycles. The van der Waals surface area contributed by atoms with Gasteiger partial charge in [-0.15, -0.1) is 11.3 Å². The van der Waals surface area contributed by atoms with Crippen LogP contribution in [0.3, 0.4) is 0 Å². The maximum absolute atomic E-state index is 13.0. The number of fused-ring (bicyclic) bond motifs is 1. The number of benzene rings is 2. The summed E-state index contributed by atoms with van der Waals surface area (Å²) in [5.74, 6) is -0.828. The minimum Gasteiger partial charge on any atom is -0.507 e. The number of hydrogen-bond donors (Lipinski definition) is 1. The monoisotopic (exact) mass is 418 g/mol. The highest BCUT2D eigenvalue weighted by molar-refractivity contribution is 7.14. The van der Waals surface area contributed by atoms with Crippen LogP contribution in [0.4, 0.5) is 5.13 Å². The molecule has 2 aliphatic rings. The molecule has 0 bridgehead atoms. The molecule has 7 heteroatoms. The van der Waals surface area contributed by atoms with E-state index in [1.54, 1.807) is 23.7 Å². The Bertz CT molecular complexity index is 1170. The van der Waals surface area contributed by atoms with Crippen molar-refractivity contribution in [2.45, 2.75) is 25.5 Å². The number of aliphatic hydroxyl groups excluding tert-OH is 1. The van der Waals surface area contributed by atoms with Crippen molar-refractivity contribution in [1.82, 2.24) is 4.98 Å². The summed E-state index contributed by atoms with van der Waals surface area (Å²) in [6, 6.07) is 13.8. The van der Waals surface area contributed by atoms with Crippen molar-refractivity contribution in [3.63, 3.8) is 0 Å². The van der Waals surface area contributed by atoms with E-state index in [1.165, 1.54) is 16.2 Å². The molecule has 0 aliphatic carbocycles. The van der Waals surface area contributed by atoms with Crippen LogP contribution >= 0.6 is 11.3 Å². The fraction of sp³-hybridized carbons (Fsp3) is 0.174. The first kappa shape index (κ1) is 18.6. The van der Waals surface area contributed by atoms with Crippen molar-refractivity contribution in [1.29, 1.82) is 0 Å². The molecule has 1 saturated heterocycles. The van der Waals surface area contributed by atoms with Gasteiger partial charge in [-0.1, -0.05) is 30.3 Å². The van der Waals surface area contributed by atoms with E-state index in [0.29, 0.717) is 10.7 Å². The number of carbonyl (C=O) groups excluding carboxylic acids is 2. The molecule has 2 atom stereocenters. The van der Waals surface area contributed by atoms with Crippen molar-refractivity contribution >= 4 is 33.9 Å². The Balaban J connectivity index is 1.68. The molecule has 6 nitrogen and oxygen atoms in total. The maximum atomic E-state index is 13.0. The molecule has 30 heavy (non-hydrogen) atoms. The van der Waals surface area contributed by atoms with E-state index in [1.807, 2.05) is 43.3 Å². The zero-order valence-electron chi connectivity index (χ0n) is 16.1. The number of hydrogen-bond acceptors (Lipinski definition) is 6. The third kappa shape index (κ3) is 2.90. The molecule has 1 N–H and O–H groups in total. The second-order valence-corrected chi connectivity index (χ2v) is 8.22. The molecular weight excluding hydrogens is 400 g/mol. The largest absolute Gasteiger partial charge is 0.507 e. The molecule has 1 aromatic heterocycles. The summed E-state index contributed by atoms with van der Waals surface area (Å²) in [5.41, 5.74) is 2.25. The quantitative estimate of drug-likeness (QED) is 0.394. The Morgan fingerprint density at radius 2 is 2.00 bits per heavy atom. The average Bonchev–Trinajstić information content (AvgIpc) is 3.46. The Labute approximate surface area is 177 Å². The second-order valence-electron chi connectivity index (χ2n) is 7.35. The van der Waals surface area contributed by atoms with Gasteiger partial charge < -0.3 is 9.84 Å². The highest BCUT2D eigenvalue weighted by Gasteiger charge is 2.48. The van der Waals surface area contributed by atoms with Crippen LogP contribution in [0.1, 0.15) is 29.7 Å². The van der Waals surface area contributed by atoms with Crippen molar-refractivity contribution in [2.75, 3.05) is 4.90 Å². The van der Waals surface area contributed by atoms with E-state index in [2.05, 4.69) is 4.98 Å².